The molecule has 0 atom stereocenters. The summed E-state index contributed by atoms with van der Waals surface area (Å²) in [4.78, 5) is 2.13. The third-order valence-corrected chi connectivity index (χ3v) is 8.97. The molecule has 0 bridgehead atoms. The Balaban J connectivity index is 2.81. The number of rotatable bonds is 3. The van der Waals surface area contributed by atoms with E-state index in [2.05, 4.69) is 94.5 Å². The van der Waals surface area contributed by atoms with Crippen LogP contribution in [0.4, 0.5) is 5.69 Å². The zero-order chi connectivity index (χ0) is 19.3. The van der Waals surface area contributed by atoms with Crippen molar-refractivity contribution < 1.29 is 4.24 Å². The van der Waals surface area contributed by atoms with Gasteiger partial charge in [-0.25, -0.2) is 0 Å². The molecule has 2 rings (SSSR count). The molecule has 0 radical (unpaired) electrons. The molecule has 25 heavy (non-hydrogen) atoms. The number of hydrogen-bond acceptors (Lipinski definition) is 2. The van der Waals surface area contributed by atoms with Crippen molar-refractivity contribution in [2.45, 2.75) is 65.8 Å². The van der Waals surface area contributed by atoms with Gasteiger partial charge < -0.3 is 8.81 Å². The van der Waals surface area contributed by atoms with Crippen LogP contribution in [0.3, 0.4) is 0 Å². The molecule has 1 heterocycles. The number of para-hydroxylation sites is 1. The summed E-state index contributed by atoms with van der Waals surface area (Å²) in [7, 11) is 1.29. The van der Waals surface area contributed by atoms with Crippen molar-refractivity contribution in [1.29, 1.82) is 0 Å². The van der Waals surface area contributed by atoms with E-state index in [4.69, 9.17) is 22.2 Å². The minimum atomic E-state index is -2.83. The summed E-state index contributed by atoms with van der Waals surface area (Å²) in [6.07, 6.45) is 0. The molecule has 1 aromatic carbocycles. The number of halogens is 2. The fourth-order valence-corrected chi connectivity index (χ4v) is 8.92. The summed E-state index contributed by atoms with van der Waals surface area (Å²) in [6.45, 7) is 15.4. The molecule has 0 saturated heterocycles. The van der Waals surface area contributed by atoms with E-state index in [0.29, 0.717) is 11.8 Å². The van der Waals surface area contributed by atoms with Gasteiger partial charge in [-0.15, -0.1) is 0 Å². The second-order valence-corrected chi connectivity index (χ2v) is 14.3. The van der Waals surface area contributed by atoms with E-state index in [0.717, 1.165) is 5.96 Å². The highest BCUT2D eigenvalue weighted by molar-refractivity contribution is 7.45. The van der Waals surface area contributed by atoms with Crippen molar-refractivity contribution in [2.75, 3.05) is 18.7 Å². The average molecular weight is 401 g/mol. The molecule has 0 aliphatic carbocycles. The fraction of sp³-hybridized carbons (Fsp3) is 0.632. The highest BCUT2D eigenvalue weighted by Gasteiger charge is 2.56. The van der Waals surface area contributed by atoms with Crippen molar-refractivity contribution in [1.82, 2.24) is 4.90 Å². The van der Waals surface area contributed by atoms with Gasteiger partial charge in [0, 0.05) is 5.54 Å². The first kappa shape index (κ1) is 20.6. The van der Waals surface area contributed by atoms with E-state index < -0.39 is 7.02 Å². The Kier molecular flexibility index (Phi) is 5.59. The van der Waals surface area contributed by atoms with Gasteiger partial charge in [0.25, 0.3) is 5.96 Å². The van der Waals surface area contributed by atoms with Crippen molar-refractivity contribution in [3.05, 3.63) is 29.3 Å². The Labute approximate surface area is 163 Å². The van der Waals surface area contributed by atoms with Crippen LogP contribution in [0, 0.1) is 0 Å². The maximum Gasteiger partial charge on any atom is 0.411 e. The van der Waals surface area contributed by atoms with Crippen LogP contribution in [0.2, 0.25) is 0 Å². The SMILES string of the molecule is CC(C)c1cccc(C(C)C)c1N1C(N(C)C)=[N+](C(C)(C)C)[Si-]1(Cl)Cl. The zero-order valence-corrected chi connectivity index (χ0v) is 19.5. The van der Waals surface area contributed by atoms with E-state index in [1.54, 1.807) is 0 Å². The van der Waals surface area contributed by atoms with Crippen LogP contribution in [0.15, 0.2) is 18.2 Å². The molecule has 3 nitrogen and oxygen atoms in total. The first-order valence-electron chi connectivity index (χ1n) is 8.97. The monoisotopic (exact) mass is 400 g/mol. The average Bonchev–Trinajstić information content (AvgIpc) is 2.42. The van der Waals surface area contributed by atoms with Crippen molar-refractivity contribution in [2.24, 2.45) is 0 Å². The Hall–Kier alpha value is -0.713. The topological polar surface area (TPSA) is 9.49 Å². The van der Waals surface area contributed by atoms with Crippen LogP contribution >= 0.6 is 22.2 Å². The fourth-order valence-electron chi connectivity index (χ4n) is 3.50. The summed E-state index contributed by atoms with van der Waals surface area (Å²) in [5.74, 6) is 1.89. The Morgan fingerprint density at radius 2 is 1.44 bits per heavy atom. The van der Waals surface area contributed by atoms with Crippen LogP contribution in [0.1, 0.15) is 71.4 Å². The maximum atomic E-state index is 7.06. The molecule has 0 amide bonds. The second kappa shape index (κ2) is 6.79. The van der Waals surface area contributed by atoms with Gasteiger partial charge in [0.05, 0.1) is 19.8 Å². The Bertz CT molecular complexity index is 662. The van der Waals surface area contributed by atoms with E-state index in [1.165, 1.54) is 16.8 Å². The van der Waals surface area contributed by atoms with Crippen LogP contribution in [0.25, 0.3) is 0 Å². The van der Waals surface area contributed by atoms with Gasteiger partial charge in [0.15, 0.2) is 0 Å². The number of guanidine groups is 1. The smallest absolute Gasteiger partial charge is 0.375 e. The normalized spacial score (nSPS) is 17.4. The molecule has 0 spiro atoms. The lowest BCUT2D eigenvalue weighted by Crippen LogP contribution is -2.77. The molecule has 0 fully saturated rings. The summed E-state index contributed by atoms with van der Waals surface area (Å²) < 4.78 is 4.44. The number of anilines is 1. The Morgan fingerprint density at radius 1 is 1.00 bits per heavy atom. The summed E-state index contributed by atoms with van der Waals surface area (Å²) in [5, 5.41) is 0. The molecule has 0 aromatic heterocycles. The highest BCUT2D eigenvalue weighted by atomic mass is 35.7. The van der Waals surface area contributed by atoms with Crippen molar-refractivity contribution in [3.63, 3.8) is 0 Å². The number of hydrogen-bond donors (Lipinski definition) is 0. The quantitative estimate of drug-likeness (QED) is 0.496. The van der Waals surface area contributed by atoms with E-state index in [1.807, 2.05) is 0 Å². The molecule has 1 aromatic rings. The van der Waals surface area contributed by atoms with E-state index in [-0.39, 0.29) is 5.54 Å². The molecule has 0 N–H and O–H groups in total. The predicted molar refractivity (Wildman–Crippen MR) is 113 cm³/mol. The summed E-state index contributed by atoms with van der Waals surface area (Å²) in [6, 6.07) is 6.56. The molecule has 0 unspecified atom stereocenters. The van der Waals surface area contributed by atoms with Gasteiger partial charge in [0.1, 0.15) is 0 Å². The Morgan fingerprint density at radius 3 is 1.76 bits per heavy atom. The summed E-state index contributed by atoms with van der Waals surface area (Å²) >= 11 is 14.1. The first-order valence-corrected chi connectivity index (χ1v) is 12.9. The predicted octanol–water partition coefficient (Wildman–Crippen LogP) is 5.40. The van der Waals surface area contributed by atoms with Gasteiger partial charge in [-0.1, -0.05) is 45.9 Å². The molecule has 6 heteroatoms. The van der Waals surface area contributed by atoms with Gasteiger partial charge in [-0.05, 0) is 43.7 Å². The van der Waals surface area contributed by atoms with Gasteiger partial charge in [-0.3, -0.25) is 27.1 Å². The summed E-state index contributed by atoms with van der Waals surface area (Å²) in [5.41, 5.74) is 3.68. The third-order valence-electron chi connectivity index (χ3n) is 4.57. The minimum absolute atomic E-state index is 0.128. The standard InChI is InChI=1S/C19H32Cl2N3Si/c1-13(2)15-11-10-12-16(14(3)4)17(15)23-18(22(8)9)24(19(5,6)7)25(23,20)21/h10-14H,1-9H3. The molecule has 0 saturated carbocycles. The lowest BCUT2D eigenvalue weighted by atomic mass is 9.92. The van der Waals surface area contributed by atoms with E-state index >= 15 is 0 Å². The zero-order valence-electron chi connectivity index (χ0n) is 17.0. The molecular formula is C19H32Cl2N3Si. The number of nitrogens with zero attached hydrogens (tertiary/aromatic N) is 3. The van der Waals surface area contributed by atoms with Crippen LogP contribution in [-0.2, 0) is 0 Å². The van der Waals surface area contributed by atoms with Crippen LogP contribution in [0.5, 0.6) is 0 Å². The highest BCUT2D eigenvalue weighted by Crippen LogP contribution is 2.45. The lowest BCUT2D eigenvalue weighted by Gasteiger charge is -2.58. The number of benzene rings is 1. The molecular weight excluding hydrogens is 369 g/mol. The molecule has 1 aliphatic heterocycles. The largest absolute Gasteiger partial charge is 0.411 e. The van der Waals surface area contributed by atoms with Gasteiger partial charge >= 0.3 is 7.02 Å². The van der Waals surface area contributed by atoms with Gasteiger partial charge in [-0.2, -0.15) is 0 Å². The minimum Gasteiger partial charge on any atom is -0.375 e. The van der Waals surface area contributed by atoms with E-state index in [9.17, 15) is 0 Å². The van der Waals surface area contributed by atoms with Crippen molar-refractivity contribution >= 4 is 40.8 Å². The third kappa shape index (κ3) is 3.45. The maximum absolute atomic E-state index is 7.06. The van der Waals surface area contributed by atoms with Crippen molar-refractivity contribution in [3.8, 4) is 0 Å². The van der Waals surface area contributed by atoms with Gasteiger partial charge in [0.2, 0.25) is 0 Å². The van der Waals surface area contributed by atoms with Crippen LogP contribution in [-0.4, -0.2) is 41.8 Å². The molecule has 1 aliphatic rings. The van der Waals surface area contributed by atoms with Crippen LogP contribution < -0.4 is 4.57 Å². The second-order valence-electron chi connectivity index (χ2n) is 8.64. The first-order chi connectivity index (χ1) is 11.3. The lowest BCUT2D eigenvalue weighted by molar-refractivity contribution is -0.494. The molecule has 141 valence electrons.